The van der Waals surface area contributed by atoms with E-state index in [0.717, 1.165) is 11.8 Å². The van der Waals surface area contributed by atoms with Crippen molar-refractivity contribution in [1.29, 1.82) is 0 Å². The molecule has 1 saturated heterocycles. The maximum atomic E-state index is 2.43. The van der Waals surface area contributed by atoms with Crippen LogP contribution in [0.25, 0.3) is 0 Å². The molecule has 0 saturated carbocycles. The molecule has 1 nitrogen and oxygen atoms in total. The average Bonchev–Trinajstić information content (AvgIpc) is 2.19. The van der Waals surface area contributed by atoms with Gasteiger partial charge in [-0.05, 0) is 37.4 Å². The molecule has 1 heterocycles. The van der Waals surface area contributed by atoms with Crippen molar-refractivity contribution in [1.82, 2.24) is 4.90 Å². The highest BCUT2D eigenvalue weighted by Gasteiger charge is 2.24. The maximum absolute atomic E-state index is 2.43. The summed E-state index contributed by atoms with van der Waals surface area (Å²) in [6.45, 7) is 4.84. The van der Waals surface area contributed by atoms with Crippen LogP contribution in [0, 0.1) is 5.92 Å². The predicted octanol–water partition coefficient (Wildman–Crippen LogP) is 2.74. The van der Waals surface area contributed by atoms with Crippen molar-refractivity contribution in [2.45, 2.75) is 19.3 Å². The molecule has 1 heteroatoms. The molecule has 0 amide bonds. The van der Waals surface area contributed by atoms with Gasteiger partial charge in [0.1, 0.15) is 0 Å². The van der Waals surface area contributed by atoms with E-state index in [1.54, 1.807) is 0 Å². The highest BCUT2D eigenvalue weighted by Crippen LogP contribution is 2.31. The van der Waals surface area contributed by atoms with Crippen molar-refractivity contribution < 1.29 is 0 Å². The molecule has 76 valence electrons. The van der Waals surface area contributed by atoms with E-state index in [2.05, 4.69) is 49.2 Å². The van der Waals surface area contributed by atoms with E-state index in [1.807, 2.05) is 0 Å². The van der Waals surface area contributed by atoms with Crippen LogP contribution in [0.4, 0.5) is 0 Å². The van der Waals surface area contributed by atoms with Crippen LogP contribution in [-0.2, 0) is 0 Å². The Kier molecular flexibility index (Phi) is 2.87. The van der Waals surface area contributed by atoms with E-state index in [-0.39, 0.29) is 0 Å². The van der Waals surface area contributed by atoms with Gasteiger partial charge in [0.15, 0.2) is 0 Å². The molecule has 1 aromatic carbocycles. The quantitative estimate of drug-likeness (QED) is 0.656. The van der Waals surface area contributed by atoms with Crippen molar-refractivity contribution >= 4 is 0 Å². The summed E-state index contributed by atoms with van der Waals surface area (Å²) in [5, 5.41) is 0. The van der Waals surface area contributed by atoms with E-state index in [1.165, 1.54) is 25.1 Å². The smallest absolute Gasteiger partial charge is 0.000982 e. The molecular formula is C13H19N. The Labute approximate surface area is 86.7 Å². The summed E-state index contributed by atoms with van der Waals surface area (Å²) in [6.07, 6.45) is 1.31. The van der Waals surface area contributed by atoms with E-state index >= 15 is 0 Å². The molecule has 2 rings (SSSR count). The zero-order valence-corrected chi connectivity index (χ0v) is 9.11. The van der Waals surface area contributed by atoms with Crippen molar-refractivity contribution in [3.63, 3.8) is 0 Å². The Hall–Kier alpha value is -0.820. The lowest BCUT2D eigenvalue weighted by molar-refractivity contribution is 0.195. The molecule has 14 heavy (non-hydrogen) atoms. The standard InChI is InChI=1S/C13H19N/c1-11-10-14(2)9-8-13(11)12-6-4-3-5-7-12/h3-7,11,13H,8-10H2,1-2H3/t11-,13-/m0/s1. The van der Waals surface area contributed by atoms with Crippen molar-refractivity contribution in [3.05, 3.63) is 35.9 Å². The van der Waals surface area contributed by atoms with Crippen LogP contribution in [0.3, 0.4) is 0 Å². The van der Waals surface area contributed by atoms with Crippen LogP contribution < -0.4 is 0 Å². The second-order valence-corrected chi connectivity index (χ2v) is 4.55. The van der Waals surface area contributed by atoms with Gasteiger partial charge in [0, 0.05) is 6.54 Å². The first kappa shape index (κ1) is 9.72. The molecule has 0 aromatic heterocycles. The molecule has 1 aliphatic heterocycles. The van der Waals surface area contributed by atoms with Gasteiger partial charge in [0.2, 0.25) is 0 Å². The summed E-state index contributed by atoms with van der Waals surface area (Å²) < 4.78 is 0. The van der Waals surface area contributed by atoms with E-state index in [9.17, 15) is 0 Å². The van der Waals surface area contributed by atoms with Crippen LogP contribution in [0.2, 0.25) is 0 Å². The molecule has 0 bridgehead atoms. The molecule has 1 aliphatic rings. The molecule has 0 unspecified atom stereocenters. The van der Waals surface area contributed by atoms with Crippen molar-refractivity contribution in [2.75, 3.05) is 20.1 Å². The van der Waals surface area contributed by atoms with Crippen LogP contribution in [-0.4, -0.2) is 25.0 Å². The third kappa shape index (κ3) is 1.98. The fraction of sp³-hybridized carbons (Fsp3) is 0.538. The molecular weight excluding hydrogens is 170 g/mol. The van der Waals surface area contributed by atoms with E-state index < -0.39 is 0 Å². The number of likely N-dealkylation sites (tertiary alicyclic amines) is 1. The Bertz CT molecular complexity index is 281. The lowest BCUT2D eigenvalue weighted by Gasteiger charge is -2.35. The van der Waals surface area contributed by atoms with Gasteiger partial charge in [0.25, 0.3) is 0 Å². The minimum atomic E-state index is 0.771. The summed E-state index contributed by atoms with van der Waals surface area (Å²) in [7, 11) is 2.22. The fourth-order valence-corrected chi connectivity index (χ4v) is 2.55. The Morgan fingerprint density at radius 3 is 2.57 bits per heavy atom. The van der Waals surface area contributed by atoms with Crippen LogP contribution >= 0.6 is 0 Å². The molecule has 0 spiro atoms. The van der Waals surface area contributed by atoms with Crippen molar-refractivity contribution in [3.8, 4) is 0 Å². The number of piperidine rings is 1. The average molecular weight is 189 g/mol. The monoisotopic (exact) mass is 189 g/mol. The number of rotatable bonds is 1. The number of benzene rings is 1. The van der Waals surface area contributed by atoms with Gasteiger partial charge in [0.05, 0.1) is 0 Å². The molecule has 2 atom stereocenters. The normalized spacial score (nSPS) is 29.0. The summed E-state index contributed by atoms with van der Waals surface area (Å²) >= 11 is 0. The number of hydrogen-bond donors (Lipinski definition) is 0. The van der Waals surface area contributed by atoms with Crippen LogP contribution in [0.1, 0.15) is 24.8 Å². The first-order valence-corrected chi connectivity index (χ1v) is 5.51. The fourth-order valence-electron chi connectivity index (χ4n) is 2.55. The first-order valence-electron chi connectivity index (χ1n) is 5.51. The Balaban J connectivity index is 2.12. The van der Waals surface area contributed by atoms with Crippen LogP contribution in [0.15, 0.2) is 30.3 Å². The minimum Gasteiger partial charge on any atom is -0.306 e. The zero-order chi connectivity index (χ0) is 9.97. The highest BCUT2D eigenvalue weighted by molar-refractivity contribution is 5.20. The van der Waals surface area contributed by atoms with Gasteiger partial charge < -0.3 is 4.90 Å². The summed E-state index contributed by atoms with van der Waals surface area (Å²) in [5.74, 6) is 1.56. The van der Waals surface area contributed by atoms with E-state index in [4.69, 9.17) is 0 Å². The van der Waals surface area contributed by atoms with Gasteiger partial charge in [-0.15, -0.1) is 0 Å². The maximum Gasteiger partial charge on any atom is 0.000982 e. The molecule has 0 radical (unpaired) electrons. The van der Waals surface area contributed by atoms with Gasteiger partial charge in [-0.2, -0.15) is 0 Å². The topological polar surface area (TPSA) is 3.24 Å². The molecule has 0 aliphatic carbocycles. The third-order valence-corrected chi connectivity index (χ3v) is 3.34. The van der Waals surface area contributed by atoms with Crippen LogP contribution in [0.5, 0.6) is 0 Å². The molecule has 0 N–H and O–H groups in total. The number of nitrogens with zero attached hydrogens (tertiary/aromatic N) is 1. The van der Waals surface area contributed by atoms with Gasteiger partial charge in [-0.25, -0.2) is 0 Å². The second kappa shape index (κ2) is 4.14. The summed E-state index contributed by atoms with van der Waals surface area (Å²) in [5.41, 5.74) is 1.52. The number of hydrogen-bond acceptors (Lipinski definition) is 1. The summed E-state index contributed by atoms with van der Waals surface area (Å²) in [6, 6.07) is 10.9. The van der Waals surface area contributed by atoms with Gasteiger partial charge >= 0.3 is 0 Å². The van der Waals surface area contributed by atoms with Gasteiger partial charge in [-0.3, -0.25) is 0 Å². The summed E-state index contributed by atoms with van der Waals surface area (Å²) in [4.78, 5) is 2.43. The SMILES string of the molecule is C[C@H]1CN(C)CC[C@@H]1c1ccccc1. The molecule has 1 fully saturated rings. The Morgan fingerprint density at radius 1 is 1.21 bits per heavy atom. The predicted molar refractivity (Wildman–Crippen MR) is 60.5 cm³/mol. The van der Waals surface area contributed by atoms with Crippen molar-refractivity contribution in [2.24, 2.45) is 5.92 Å². The Morgan fingerprint density at radius 2 is 1.93 bits per heavy atom. The minimum absolute atomic E-state index is 0.771. The lowest BCUT2D eigenvalue weighted by atomic mass is 9.82. The van der Waals surface area contributed by atoms with Gasteiger partial charge in [-0.1, -0.05) is 37.3 Å². The highest BCUT2D eigenvalue weighted by atomic mass is 15.1. The largest absolute Gasteiger partial charge is 0.306 e. The molecule has 1 aromatic rings. The van der Waals surface area contributed by atoms with E-state index in [0.29, 0.717) is 0 Å². The zero-order valence-electron chi connectivity index (χ0n) is 9.11. The lowest BCUT2D eigenvalue weighted by Crippen LogP contribution is -2.35. The second-order valence-electron chi connectivity index (χ2n) is 4.55. The third-order valence-electron chi connectivity index (χ3n) is 3.34. The first-order chi connectivity index (χ1) is 6.77.